The number of thioether (sulfide) groups is 1. The Labute approximate surface area is 199 Å². The maximum atomic E-state index is 13.8. The number of carbonyl (C=O) groups is 2. The average Bonchev–Trinajstić information content (AvgIpc) is 2.99. The van der Waals surface area contributed by atoms with Crippen molar-refractivity contribution in [3.05, 3.63) is 45.1 Å². The van der Waals surface area contributed by atoms with Crippen molar-refractivity contribution in [3.8, 4) is 11.4 Å². The van der Waals surface area contributed by atoms with E-state index in [0.717, 1.165) is 49.4 Å². The number of aromatic nitrogens is 2. The standard InChI is InChI=1S/C23H25N3O5S2/c1-3-31-23(29)24-18(27)13-32-22-25-20-19(16-10-5-4-6-11-17(16)33-20)21(28)26(22)14-8-7-9-15(12-14)30-2/h7-9,12H,3-6,10-11,13H2,1-2H3,(H,24,27,29). The molecule has 2 aromatic heterocycles. The predicted octanol–water partition coefficient (Wildman–Crippen LogP) is 4.09. The summed E-state index contributed by atoms with van der Waals surface area (Å²) in [6.07, 6.45) is 4.36. The molecule has 3 aromatic rings. The van der Waals surface area contributed by atoms with Crippen LogP contribution in [0, 0.1) is 0 Å². The van der Waals surface area contributed by atoms with E-state index >= 15 is 0 Å². The summed E-state index contributed by atoms with van der Waals surface area (Å²) in [5.74, 6) is -0.00201. The Morgan fingerprint density at radius 3 is 2.85 bits per heavy atom. The van der Waals surface area contributed by atoms with Crippen LogP contribution in [0.1, 0.15) is 36.6 Å². The maximum absolute atomic E-state index is 13.8. The number of hydrogen-bond acceptors (Lipinski definition) is 8. The zero-order chi connectivity index (χ0) is 23.4. The highest BCUT2D eigenvalue weighted by Crippen LogP contribution is 2.34. The smallest absolute Gasteiger partial charge is 0.413 e. The quantitative estimate of drug-likeness (QED) is 0.318. The van der Waals surface area contributed by atoms with Gasteiger partial charge in [-0.1, -0.05) is 24.2 Å². The van der Waals surface area contributed by atoms with Crippen molar-refractivity contribution in [2.24, 2.45) is 0 Å². The molecule has 4 rings (SSSR count). The second kappa shape index (κ2) is 10.4. The molecule has 1 N–H and O–H groups in total. The summed E-state index contributed by atoms with van der Waals surface area (Å²) in [5.41, 5.74) is 1.56. The minimum atomic E-state index is -0.793. The van der Waals surface area contributed by atoms with Gasteiger partial charge in [-0.2, -0.15) is 0 Å². The number of aryl methyl sites for hydroxylation is 2. The second-order valence-corrected chi connectivity index (χ2v) is 9.56. The van der Waals surface area contributed by atoms with Gasteiger partial charge in [-0.25, -0.2) is 9.78 Å². The number of alkyl carbamates (subject to hydrolysis) is 1. The summed E-state index contributed by atoms with van der Waals surface area (Å²) in [5, 5.41) is 3.23. The van der Waals surface area contributed by atoms with Crippen LogP contribution >= 0.6 is 23.1 Å². The van der Waals surface area contributed by atoms with Crippen LogP contribution in [-0.2, 0) is 22.4 Å². The molecule has 0 aliphatic heterocycles. The van der Waals surface area contributed by atoms with Gasteiger partial charge >= 0.3 is 6.09 Å². The number of fused-ring (bicyclic) bond motifs is 3. The summed E-state index contributed by atoms with van der Waals surface area (Å²) in [6.45, 7) is 1.83. The first-order valence-corrected chi connectivity index (χ1v) is 12.6. The number of imide groups is 1. The lowest BCUT2D eigenvalue weighted by Gasteiger charge is -2.13. The molecule has 2 heterocycles. The lowest BCUT2D eigenvalue weighted by Crippen LogP contribution is -2.32. The van der Waals surface area contributed by atoms with Gasteiger partial charge in [0, 0.05) is 10.9 Å². The van der Waals surface area contributed by atoms with E-state index in [1.807, 2.05) is 6.07 Å². The molecule has 0 unspecified atom stereocenters. The van der Waals surface area contributed by atoms with E-state index in [1.54, 1.807) is 43.6 Å². The highest BCUT2D eigenvalue weighted by atomic mass is 32.2. The number of hydrogen-bond donors (Lipinski definition) is 1. The van der Waals surface area contributed by atoms with E-state index in [4.69, 9.17) is 14.5 Å². The molecule has 0 radical (unpaired) electrons. The number of methoxy groups -OCH3 is 1. The van der Waals surface area contributed by atoms with Crippen molar-refractivity contribution < 1.29 is 19.1 Å². The number of benzene rings is 1. The van der Waals surface area contributed by atoms with E-state index in [0.29, 0.717) is 26.8 Å². The predicted molar refractivity (Wildman–Crippen MR) is 129 cm³/mol. The van der Waals surface area contributed by atoms with E-state index in [2.05, 4.69) is 5.32 Å². The van der Waals surface area contributed by atoms with Crippen LogP contribution in [0.25, 0.3) is 15.9 Å². The molecule has 0 saturated heterocycles. The van der Waals surface area contributed by atoms with E-state index in [1.165, 1.54) is 9.44 Å². The minimum Gasteiger partial charge on any atom is -0.497 e. The third kappa shape index (κ3) is 5.06. The molecule has 0 atom stereocenters. The van der Waals surface area contributed by atoms with E-state index in [-0.39, 0.29) is 17.9 Å². The van der Waals surface area contributed by atoms with Crippen molar-refractivity contribution in [3.63, 3.8) is 0 Å². The first kappa shape index (κ1) is 23.3. The number of amides is 2. The van der Waals surface area contributed by atoms with Crippen LogP contribution in [-0.4, -0.2) is 41.0 Å². The Hall–Kier alpha value is -2.85. The topological polar surface area (TPSA) is 99.5 Å². The van der Waals surface area contributed by atoms with Crippen molar-refractivity contribution in [1.29, 1.82) is 0 Å². The molecule has 10 heteroatoms. The summed E-state index contributed by atoms with van der Waals surface area (Å²) in [7, 11) is 1.57. The van der Waals surface area contributed by atoms with E-state index in [9.17, 15) is 14.4 Å². The van der Waals surface area contributed by atoms with Gasteiger partial charge in [-0.3, -0.25) is 19.5 Å². The summed E-state index contributed by atoms with van der Waals surface area (Å²) < 4.78 is 11.6. The molecule has 0 fully saturated rings. The molecular formula is C23H25N3O5S2. The number of nitrogens with one attached hydrogen (secondary N) is 1. The zero-order valence-corrected chi connectivity index (χ0v) is 20.1. The number of ether oxygens (including phenoxy) is 2. The lowest BCUT2D eigenvalue weighted by molar-refractivity contribution is -0.117. The van der Waals surface area contributed by atoms with Crippen LogP contribution in [0.2, 0.25) is 0 Å². The Bertz CT molecular complexity index is 1250. The molecular weight excluding hydrogens is 462 g/mol. The van der Waals surface area contributed by atoms with Gasteiger partial charge in [-0.05, 0) is 50.3 Å². The van der Waals surface area contributed by atoms with Gasteiger partial charge in [0.05, 0.1) is 30.5 Å². The number of nitrogens with zero attached hydrogens (tertiary/aromatic N) is 2. The first-order valence-electron chi connectivity index (χ1n) is 10.8. The van der Waals surface area contributed by atoms with E-state index < -0.39 is 12.0 Å². The van der Waals surface area contributed by atoms with Crippen LogP contribution in [0.4, 0.5) is 4.79 Å². The number of thiophene rings is 1. The van der Waals surface area contributed by atoms with Crippen molar-refractivity contribution in [1.82, 2.24) is 14.9 Å². The van der Waals surface area contributed by atoms with Crippen LogP contribution in [0.3, 0.4) is 0 Å². The van der Waals surface area contributed by atoms with Gasteiger partial charge in [0.25, 0.3) is 5.56 Å². The first-order chi connectivity index (χ1) is 16.0. The van der Waals surface area contributed by atoms with Crippen molar-refractivity contribution in [2.45, 2.75) is 44.2 Å². The molecule has 0 bridgehead atoms. The second-order valence-electron chi connectivity index (χ2n) is 7.54. The molecule has 8 nitrogen and oxygen atoms in total. The van der Waals surface area contributed by atoms with Gasteiger partial charge in [0.2, 0.25) is 5.91 Å². The summed E-state index contributed by atoms with van der Waals surface area (Å²) in [4.78, 5) is 44.3. The number of rotatable bonds is 6. The molecule has 1 aliphatic rings. The van der Waals surface area contributed by atoms with Crippen LogP contribution in [0.15, 0.2) is 34.2 Å². The van der Waals surface area contributed by atoms with Gasteiger partial charge < -0.3 is 9.47 Å². The minimum absolute atomic E-state index is 0.0914. The molecule has 174 valence electrons. The Morgan fingerprint density at radius 2 is 2.06 bits per heavy atom. The molecule has 1 aromatic carbocycles. The number of carbonyl (C=O) groups excluding carboxylic acids is 2. The molecule has 0 saturated carbocycles. The molecule has 0 spiro atoms. The van der Waals surface area contributed by atoms with Crippen molar-refractivity contribution >= 4 is 45.3 Å². The SMILES string of the molecule is CCOC(=O)NC(=O)CSc1nc2sc3c(c2c(=O)n1-c1cccc(OC)c1)CCCCC3. The van der Waals surface area contributed by atoms with Crippen LogP contribution < -0.4 is 15.6 Å². The third-order valence-corrected chi connectivity index (χ3v) is 7.49. The van der Waals surface area contributed by atoms with Gasteiger partial charge in [-0.15, -0.1) is 11.3 Å². The molecule has 1 aliphatic carbocycles. The fraction of sp³-hybridized carbons (Fsp3) is 0.391. The largest absolute Gasteiger partial charge is 0.497 e. The van der Waals surface area contributed by atoms with Gasteiger partial charge in [0.15, 0.2) is 5.16 Å². The fourth-order valence-corrected chi connectivity index (χ4v) is 6.00. The summed E-state index contributed by atoms with van der Waals surface area (Å²) in [6, 6.07) is 7.19. The lowest BCUT2D eigenvalue weighted by atomic mass is 10.1. The molecule has 2 amide bonds. The fourth-order valence-electron chi connectivity index (χ4n) is 3.88. The maximum Gasteiger partial charge on any atom is 0.413 e. The highest BCUT2D eigenvalue weighted by Gasteiger charge is 2.23. The third-order valence-electron chi connectivity index (χ3n) is 5.37. The average molecular weight is 488 g/mol. The normalized spacial score (nSPS) is 13.3. The molecule has 33 heavy (non-hydrogen) atoms. The summed E-state index contributed by atoms with van der Waals surface area (Å²) >= 11 is 2.67. The van der Waals surface area contributed by atoms with Crippen molar-refractivity contribution in [2.75, 3.05) is 19.5 Å². The Balaban J connectivity index is 1.78. The highest BCUT2D eigenvalue weighted by molar-refractivity contribution is 7.99. The monoisotopic (exact) mass is 487 g/mol. The van der Waals surface area contributed by atoms with Gasteiger partial charge in [0.1, 0.15) is 10.6 Å². The Morgan fingerprint density at radius 1 is 1.24 bits per heavy atom. The zero-order valence-electron chi connectivity index (χ0n) is 18.5. The van der Waals surface area contributed by atoms with Crippen LogP contribution in [0.5, 0.6) is 5.75 Å². The Kier molecular flexibility index (Phi) is 7.34.